The molecule has 0 saturated heterocycles. The number of benzene rings is 5. The number of nitrogens with zero attached hydrogens (tertiary/aromatic N) is 1. The number of aryl methyl sites for hydroxylation is 1. The van der Waals surface area contributed by atoms with Crippen LogP contribution in [0.4, 0.5) is 21.5 Å². The molecule has 0 aliphatic heterocycles. The molecule has 4 fully saturated rings. The molecule has 0 aromatic heterocycles. The summed E-state index contributed by atoms with van der Waals surface area (Å²) >= 11 is 0. The molecule has 0 N–H and O–H groups in total. The van der Waals surface area contributed by atoms with Gasteiger partial charge in [0.15, 0.2) is 0 Å². The van der Waals surface area contributed by atoms with Crippen LogP contribution in [0.3, 0.4) is 0 Å². The van der Waals surface area contributed by atoms with E-state index in [4.69, 9.17) is 0 Å². The Bertz CT molecular complexity index is 1830. The Hall–Kier alpha value is -4.17. The van der Waals surface area contributed by atoms with E-state index in [1.165, 1.54) is 65.6 Å². The van der Waals surface area contributed by atoms with Gasteiger partial charge in [0.2, 0.25) is 0 Å². The maximum Gasteiger partial charge on any atom is 0.126 e. The van der Waals surface area contributed by atoms with Crippen LogP contribution in [0.2, 0.25) is 0 Å². The molecular weight excluding hydrogens is 525 g/mol. The summed E-state index contributed by atoms with van der Waals surface area (Å²) in [6.07, 6.45) is 6.81. The summed E-state index contributed by atoms with van der Waals surface area (Å²) < 4.78 is 14.7. The Morgan fingerprint density at radius 3 is 1.95 bits per heavy atom. The zero-order valence-corrected chi connectivity index (χ0v) is 24.6. The van der Waals surface area contributed by atoms with E-state index in [1.807, 2.05) is 19.1 Å². The van der Waals surface area contributed by atoms with Crippen molar-refractivity contribution in [3.05, 3.63) is 138 Å². The van der Waals surface area contributed by atoms with Gasteiger partial charge >= 0.3 is 0 Å². The molecule has 4 saturated carbocycles. The predicted molar refractivity (Wildman–Crippen MR) is 175 cm³/mol. The normalized spacial score (nSPS) is 26.0. The van der Waals surface area contributed by atoms with E-state index in [0.717, 1.165) is 23.2 Å². The number of anilines is 3. The summed E-state index contributed by atoms with van der Waals surface area (Å²) in [5, 5.41) is 0. The van der Waals surface area contributed by atoms with Crippen LogP contribution in [0.25, 0.3) is 22.3 Å². The fourth-order valence-electron chi connectivity index (χ4n) is 10.0. The second kappa shape index (κ2) is 9.41. The summed E-state index contributed by atoms with van der Waals surface area (Å²) in [6, 6.07) is 41.3. The maximum atomic E-state index is 14.7. The Kier molecular flexibility index (Phi) is 5.55. The van der Waals surface area contributed by atoms with Crippen molar-refractivity contribution in [2.75, 3.05) is 4.90 Å². The molecule has 0 heterocycles. The standard InChI is InChI=1S/C41H36FN/c1-26-20-34(18-19-38(26)42)43(33-16-14-30(15-17-33)29-8-3-2-4-9-29)39-13-7-11-36-35-10-5-6-12-37(35)41(40(36)39)31-22-27-21-28(24-31)25-32(41)23-27/h2-20,27-28,31-32H,21-25H2,1H3. The van der Waals surface area contributed by atoms with Crippen molar-refractivity contribution < 1.29 is 4.39 Å². The molecule has 4 bridgehead atoms. The molecule has 5 aliphatic rings. The van der Waals surface area contributed by atoms with Gasteiger partial charge in [-0.25, -0.2) is 4.39 Å². The Morgan fingerprint density at radius 1 is 0.605 bits per heavy atom. The number of halogens is 1. The molecule has 5 aromatic carbocycles. The molecule has 0 unspecified atom stereocenters. The summed E-state index contributed by atoms with van der Waals surface area (Å²) in [7, 11) is 0. The molecule has 43 heavy (non-hydrogen) atoms. The number of hydrogen-bond donors (Lipinski definition) is 0. The Morgan fingerprint density at radius 2 is 1.23 bits per heavy atom. The third-order valence-electron chi connectivity index (χ3n) is 11.4. The third-order valence-corrected chi connectivity index (χ3v) is 11.4. The zero-order chi connectivity index (χ0) is 28.7. The topological polar surface area (TPSA) is 3.24 Å². The van der Waals surface area contributed by atoms with Gasteiger partial charge in [-0.2, -0.15) is 0 Å². The van der Waals surface area contributed by atoms with Gasteiger partial charge in [0, 0.05) is 16.8 Å². The van der Waals surface area contributed by atoms with Crippen LogP contribution < -0.4 is 4.90 Å². The minimum Gasteiger partial charge on any atom is -0.310 e. The lowest BCUT2D eigenvalue weighted by Crippen LogP contribution is -2.55. The van der Waals surface area contributed by atoms with Gasteiger partial charge in [0.05, 0.1) is 5.69 Å². The van der Waals surface area contributed by atoms with E-state index in [0.29, 0.717) is 17.4 Å². The van der Waals surface area contributed by atoms with E-state index in [2.05, 4.69) is 102 Å². The van der Waals surface area contributed by atoms with E-state index < -0.39 is 0 Å². The van der Waals surface area contributed by atoms with E-state index in [9.17, 15) is 4.39 Å². The van der Waals surface area contributed by atoms with Crippen LogP contribution in [-0.2, 0) is 5.41 Å². The van der Waals surface area contributed by atoms with E-state index >= 15 is 0 Å². The van der Waals surface area contributed by atoms with Crippen LogP contribution in [0, 0.1) is 36.4 Å². The lowest BCUT2D eigenvalue weighted by molar-refractivity contribution is -0.0397. The van der Waals surface area contributed by atoms with Crippen LogP contribution >= 0.6 is 0 Å². The molecule has 0 atom stereocenters. The van der Waals surface area contributed by atoms with Crippen LogP contribution in [0.1, 0.15) is 48.8 Å². The summed E-state index contributed by atoms with van der Waals surface area (Å²) in [4.78, 5) is 2.42. The molecule has 1 spiro atoms. The monoisotopic (exact) mass is 561 g/mol. The number of hydrogen-bond acceptors (Lipinski definition) is 1. The van der Waals surface area contributed by atoms with Gasteiger partial charge < -0.3 is 4.90 Å². The highest BCUT2D eigenvalue weighted by molar-refractivity contribution is 5.91. The van der Waals surface area contributed by atoms with Crippen molar-refractivity contribution in [1.82, 2.24) is 0 Å². The highest BCUT2D eigenvalue weighted by Gasteiger charge is 2.62. The average Bonchev–Trinajstić information content (AvgIpc) is 3.34. The SMILES string of the molecule is Cc1cc(N(c2ccc(-c3ccccc3)cc2)c2cccc3c2C2(c4ccccc4-3)C3CC4CC(C3)CC2C4)ccc1F. The minimum absolute atomic E-state index is 0.0350. The van der Waals surface area contributed by atoms with Crippen molar-refractivity contribution >= 4 is 17.1 Å². The van der Waals surface area contributed by atoms with Gasteiger partial charge in [-0.3, -0.25) is 0 Å². The first kappa shape index (κ1) is 25.3. The quantitative estimate of drug-likeness (QED) is 0.211. The van der Waals surface area contributed by atoms with Gasteiger partial charge in [0.1, 0.15) is 5.82 Å². The van der Waals surface area contributed by atoms with Gasteiger partial charge in [-0.15, -0.1) is 0 Å². The van der Waals surface area contributed by atoms with Crippen molar-refractivity contribution in [3.63, 3.8) is 0 Å². The van der Waals surface area contributed by atoms with Gasteiger partial charge in [-0.05, 0) is 138 Å². The van der Waals surface area contributed by atoms with E-state index in [1.54, 1.807) is 11.6 Å². The fourth-order valence-corrected chi connectivity index (χ4v) is 10.0. The molecule has 5 aromatic rings. The van der Waals surface area contributed by atoms with Gasteiger partial charge in [0.25, 0.3) is 0 Å². The molecule has 0 amide bonds. The van der Waals surface area contributed by atoms with Crippen molar-refractivity contribution in [3.8, 4) is 22.3 Å². The van der Waals surface area contributed by atoms with Crippen LogP contribution in [0.5, 0.6) is 0 Å². The van der Waals surface area contributed by atoms with Gasteiger partial charge in [-0.1, -0.05) is 78.9 Å². The lowest BCUT2D eigenvalue weighted by atomic mass is 9.43. The second-order valence-corrected chi connectivity index (χ2v) is 13.6. The molecule has 1 nitrogen and oxygen atoms in total. The highest BCUT2D eigenvalue weighted by Crippen LogP contribution is 2.70. The molecule has 2 heteroatoms. The summed E-state index contributed by atoms with van der Waals surface area (Å²) in [5.74, 6) is 2.95. The largest absolute Gasteiger partial charge is 0.310 e. The van der Waals surface area contributed by atoms with Crippen LogP contribution in [-0.4, -0.2) is 0 Å². The molecular formula is C41H36FN. The minimum atomic E-state index is -0.161. The summed E-state index contributed by atoms with van der Waals surface area (Å²) in [6.45, 7) is 1.88. The Labute approximate surface area is 254 Å². The number of fused-ring (bicyclic) bond motifs is 3. The fraction of sp³-hybridized carbons (Fsp3) is 0.268. The highest BCUT2D eigenvalue weighted by atomic mass is 19.1. The van der Waals surface area contributed by atoms with E-state index in [-0.39, 0.29) is 11.2 Å². The maximum absolute atomic E-state index is 14.7. The summed E-state index contributed by atoms with van der Waals surface area (Å²) in [5.41, 5.74) is 12.4. The molecule has 0 radical (unpaired) electrons. The Balaban J connectivity index is 1.29. The van der Waals surface area contributed by atoms with Crippen LogP contribution in [0.15, 0.2) is 115 Å². The second-order valence-electron chi connectivity index (χ2n) is 13.6. The first-order valence-electron chi connectivity index (χ1n) is 16.1. The lowest BCUT2D eigenvalue weighted by Gasteiger charge is -2.61. The third kappa shape index (κ3) is 3.62. The average molecular weight is 562 g/mol. The first-order chi connectivity index (χ1) is 21.1. The molecule has 10 rings (SSSR count). The first-order valence-corrected chi connectivity index (χ1v) is 16.1. The zero-order valence-electron chi connectivity index (χ0n) is 24.6. The predicted octanol–water partition coefficient (Wildman–Crippen LogP) is 11.0. The molecule has 212 valence electrons. The van der Waals surface area contributed by atoms with Crippen molar-refractivity contribution in [2.24, 2.45) is 23.7 Å². The molecule has 5 aliphatic carbocycles. The van der Waals surface area contributed by atoms with Crippen molar-refractivity contribution in [2.45, 2.75) is 44.4 Å². The number of rotatable bonds is 4. The van der Waals surface area contributed by atoms with Crippen molar-refractivity contribution in [1.29, 1.82) is 0 Å². The smallest absolute Gasteiger partial charge is 0.126 e.